The van der Waals surface area contributed by atoms with Crippen molar-refractivity contribution in [2.24, 2.45) is 5.73 Å². The molecule has 0 fully saturated rings. The van der Waals surface area contributed by atoms with Crippen molar-refractivity contribution in [2.45, 2.75) is 11.0 Å². The first-order valence-corrected chi connectivity index (χ1v) is 7.29. The highest BCUT2D eigenvalue weighted by Crippen LogP contribution is 2.11. The second-order valence-corrected chi connectivity index (χ2v) is 6.04. The van der Waals surface area contributed by atoms with Crippen molar-refractivity contribution in [1.29, 1.82) is 5.26 Å². The lowest BCUT2D eigenvalue weighted by Crippen LogP contribution is -2.48. The Morgan fingerprint density at radius 3 is 2.40 bits per heavy atom. The third-order valence-electron chi connectivity index (χ3n) is 2.41. The molecule has 106 valence electrons. The van der Waals surface area contributed by atoms with Crippen molar-refractivity contribution < 1.29 is 18.0 Å². The molecule has 0 spiro atoms. The smallest absolute Gasteiger partial charge is 0.248 e. The van der Waals surface area contributed by atoms with E-state index in [4.69, 9.17) is 11.0 Å². The standard InChI is InChI=1S/C12H13N3O4S/c13-6-7-15-12(17)10(11(14)16)20(18,19)8-9-4-2-1-3-5-9/h1-5,10H,7-8H2,(H2,14,16)(H,15,17)/t10-/m1/s1. The lowest BCUT2D eigenvalue weighted by atomic mass is 10.2. The minimum Gasteiger partial charge on any atom is -0.368 e. The Kier molecular flexibility index (Phi) is 5.23. The Morgan fingerprint density at radius 1 is 1.30 bits per heavy atom. The molecule has 0 bridgehead atoms. The lowest BCUT2D eigenvalue weighted by Gasteiger charge is -2.13. The second kappa shape index (κ2) is 6.68. The van der Waals surface area contributed by atoms with E-state index in [2.05, 4.69) is 0 Å². The zero-order valence-corrected chi connectivity index (χ0v) is 11.3. The number of nitrogens with zero attached hydrogens (tertiary/aromatic N) is 1. The summed E-state index contributed by atoms with van der Waals surface area (Å²) in [7, 11) is -4.10. The van der Waals surface area contributed by atoms with Crippen molar-refractivity contribution >= 4 is 21.7 Å². The molecule has 2 amide bonds. The van der Waals surface area contributed by atoms with Crippen LogP contribution < -0.4 is 11.1 Å². The van der Waals surface area contributed by atoms with Crippen LogP contribution in [-0.4, -0.2) is 32.0 Å². The summed E-state index contributed by atoms with van der Waals surface area (Å²) >= 11 is 0. The number of primary amides is 1. The fourth-order valence-corrected chi connectivity index (χ4v) is 3.17. The van der Waals surface area contributed by atoms with Gasteiger partial charge in [0.2, 0.25) is 17.1 Å². The van der Waals surface area contributed by atoms with Crippen LogP contribution in [0.3, 0.4) is 0 Å². The summed E-state index contributed by atoms with van der Waals surface area (Å²) in [5, 5.41) is 8.37. The molecule has 1 aromatic rings. The summed E-state index contributed by atoms with van der Waals surface area (Å²) in [4.78, 5) is 22.9. The van der Waals surface area contributed by atoms with Crippen molar-refractivity contribution in [3.8, 4) is 6.07 Å². The Balaban J connectivity index is 2.99. The van der Waals surface area contributed by atoms with E-state index in [1.165, 1.54) is 0 Å². The highest BCUT2D eigenvalue weighted by molar-refractivity contribution is 7.92. The maximum absolute atomic E-state index is 12.1. The van der Waals surface area contributed by atoms with Crippen LogP contribution in [0.4, 0.5) is 0 Å². The van der Waals surface area contributed by atoms with Crippen LogP contribution in [0.25, 0.3) is 0 Å². The van der Waals surface area contributed by atoms with Gasteiger partial charge in [0.1, 0.15) is 6.54 Å². The average Bonchev–Trinajstić information content (AvgIpc) is 2.36. The number of amides is 2. The molecule has 20 heavy (non-hydrogen) atoms. The van der Waals surface area contributed by atoms with E-state index < -0.39 is 39.2 Å². The van der Waals surface area contributed by atoms with Crippen molar-refractivity contribution in [2.75, 3.05) is 6.54 Å². The largest absolute Gasteiger partial charge is 0.368 e. The number of hydrogen-bond acceptors (Lipinski definition) is 5. The molecule has 8 heteroatoms. The summed E-state index contributed by atoms with van der Waals surface area (Å²) in [6.07, 6.45) is 0. The van der Waals surface area contributed by atoms with E-state index in [1.54, 1.807) is 36.4 Å². The molecule has 0 aromatic heterocycles. The molecule has 0 aliphatic heterocycles. The van der Waals surface area contributed by atoms with Gasteiger partial charge in [0.25, 0.3) is 0 Å². The third-order valence-corrected chi connectivity index (χ3v) is 4.31. The molecule has 0 aliphatic rings. The quantitative estimate of drug-likeness (QED) is 0.518. The number of carbonyl (C=O) groups excluding carboxylic acids is 2. The van der Waals surface area contributed by atoms with Gasteiger partial charge in [-0.05, 0) is 5.56 Å². The molecule has 0 saturated heterocycles. The number of hydrogen-bond donors (Lipinski definition) is 2. The number of carbonyl (C=O) groups is 2. The van der Waals surface area contributed by atoms with Gasteiger partial charge in [-0.1, -0.05) is 30.3 Å². The van der Waals surface area contributed by atoms with Crippen molar-refractivity contribution in [3.63, 3.8) is 0 Å². The maximum atomic E-state index is 12.1. The molecular weight excluding hydrogens is 282 g/mol. The number of sulfone groups is 1. The van der Waals surface area contributed by atoms with Crippen LogP contribution in [0.5, 0.6) is 0 Å². The van der Waals surface area contributed by atoms with Gasteiger partial charge in [-0.15, -0.1) is 0 Å². The van der Waals surface area contributed by atoms with Gasteiger partial charge in [-0.25, -0.2) is 8.42 Å². The fraction of sp³-hybridized carbons (Fsp3) is 0.250. The van der Waals surface area contributed by atoms with Crippen LogP contribution in [-0.2, 0) is 25.2 Å². The van der Waals surface area contributed by atoms with Crippen LogP contribution >= 0.6 is 0 Å². The highest BCUT2D eigenvalue weighted by Gasteiger charge is 2.37. The molecule has 0 heterocycles. The summed E-state index contributed by atoms with van der Waals surface area (Å²) in [5.74, 6) is -2.84. The first-order valence-electron chi connectivity index (χ1n) is 5.58. The van der Waals surface area contributed by atoms with Gasteiger partial charge in [-0.3, -0.25) is 9.59 Å². The Morgan fingerprint density at radius 2 is 1.90 bits per heavy atom. The predicted molar refractivity (Wildman–Crippen MR) is 70.7 cm³/mol. The first kappa shape index (κ1) is 15.7. The monoisotopic (exact) mass is 295 g/mol. The number of benzene rings is 1. The predicted octanol–water partition coefficient (Wildman–Crippen LogP) is -0.905. The zero-order valence-electron chi connectivity index (χ0n) is 10.4. The Hall–Kier alpha value is -2.40. The molecule has 0 radical (unpaired) electrons. The minimum absolute atomic E-state index is 0.399. The Labute approximate surface area is 116 Å². The summed E-state index contributed by atoms with van der Waals surface area (Å²) in [6, 6.07) is 9.72. The molecule has 0 saturated carbocycles. The normalized spacial score (nSPS) is 12.2. The van der Waals surface area contributed by atoms with E-state index in [-0.39, 0.29) is 0 Å². The van der Waals surface area contributed by atoms with E-state index in [0.717, 1.165) is 0 Å². The number of nitriles is 1. The molecule has 3 N–H and O–H groups in total. The highest BCUT2D eigenvalue weighted by atomic mass is 32.2. The molecule has 7 nitrogen and oxygen atoms in total. The molecule has 0 unspecified atom stereocenters. The van der Waals surface area contributed by atoms with Crippen molar-refractivity contribution in [1.82, 2.24) is 5.32 Å². The average molecular weight is 295 g/mol. The summed E-state index contributed by atoms with van der Waals surface area (Å²) < 4.78 is 24.2. The molecule has 1 atom stereocenters. The number of rotatable bonds is 6. The van der Waals surface area contributed by atoms with E-state index in [9.17, 15) is 18.0 Å². The molecule has 1 rings (SSSR count). The van der Waals surface area contributed by atoms with Gasteiger partial charge in [0.15, 0.2) is 9.84 Å². The fourth-order valence-electron chi connectivity index (χ4n) is 1.58. The maximum Gasteiger partial charge on any atom is 0.248 e. The minimum atomic E-state index is -4.10. The van der Waals surface area contributed by atoms with E-state index in [0.29, 0.717) is 5.56 Å². The summed E-state index contributed by atoms with van der Waals surface area (Å²) in [6.45, 7) is -0.399. The van der Waals surface area contributed by atoms with Crippen LogP contribution in [0.15, 0.2) is 30.3 Å². The van der Waals surface area contributed by atoms with E-state index >= 15 is 0 Å². The third kappa shape index (κ3) is 4.07. The SMILES string of the molecule is N#CCNC(=O)[C@@H](C(N)=O)S(=O)(=O)Cc1ccccc1. The molecule has 1 aromatic carbocycles. The lowest BCUT2D eigenvalue weighted by molar-refractivity contribution is -0.126. The second-order valence-electron chi connectivity index (χ2n) is 3.95. The first-order chi connectivity index (χ1) is 9.38. The number of nitrogens with two attached hydrogens (primary N) is 1. The van der Waals surface area contributed by atoms with Gasteiger partial charge < -0.3 is 11.1 Å². The van der Waals surface area contributed by atoms with Crippen LogP contribution in [0.1, 0.15) is 5.56 Å². The van der Waals surface area contributed by atoms with Gasteiger partial charge in [-0.2, -0.15) is 5.26 Å². The topological polar surface area (TPSA) is 130 Å². The zero-order chi connectivity index (χ0) is 15.2. The Bertz CT molecular complexity index is 634. The summed E-state index contributed by atoms with van der Waals surface area (Å²) in [5.41, 5.74) is 5.42. The van der Waals surface area contributed by atoms with Crippen LogP contribution in [0.2, 0.25) is 0 Å². The van der Waals surface area contributed by atoms with Crippen LogP contribution in [0, 0.1) is 11.3 Å². The van der Waals surface area contributed by atoms with E-state index in [1.807, 2.05) is 5.32 Å². The van der Waals surface area contributed by atoms with Gasteiger partial charge >= 0.3 is 0 Å². The van der Waals surface area contributed by atoms with Crippen molar-refractivity contribution in [3.05, 3.63) is 35.9 Å². The molecular formula is C12H13N3O4S. The van der Waals surface area contributed by atoms with Gasteiger partial charge in [0, 0.05) is 0 Å². The van der Waals surface area contributed by atoms with Gasteiger partial charge in [0.05, 0.1) is 11.8 Å². The molecule has 0 aliphatic carbocycles. The number of nitrogens with one attached hydrogen (secondary N) is 1.